The van der Waals surface area contributed by atoms with Crippen LogP contribution in [0.2, 0.25) is 0 Å². The Hall–Kier alpha value is -2.48. The Labute approximate surface area is 208 Å². The molecule has 0 N–H and O–H groups in total. The summed E-state index contributed by atoms with van der Waals surface area (Å²) in [4.78, 5) is 4.82. The molecule has 2 aliphatic rings. The topological polar surface area (TPSA) is 86.1 Å². The smallest absolute Gasteiger partial charge is 0.211 e. The van der Waals surface area contributed by atoms with Crippen LogP contribution >= 0.6 is 0 Å². The quantitative estimate of drug-likeness (QED) is 0.467. The van der Waals surface area contributed by atoms with E-state index in [-0.39, 0.29) is 25.4 Å². The Kier molecular flexibility index (Phi) is 8.76. The minimum Gasteiger partial charge on any atom is -0.492 e. The zero-order valence-corrected chi connectivity index (χ0v) is 21.1. The number of ether oxygens (including phenoxy) is 2. The van der Waals surface area contributed by atoms with Crippen molar-refractivity contribution >= 4 is 10.0 Å². The lowest BCUT2D eigenvalue weighted by atomic mass is 10.1. The molecule has 2 unspecified atom stereocenters. The van der Waals surface area contributed by atoms with Crippen molar-refractivity contribution in [3.05, 3.63) is 65.7 Å². The number of hydrogen-bond acceptors (Lipinski definition) is 7. The van der Waals surface area contributed by atoms with Crippen molar-refractivity contribution in [2.45, 2.75) is 18.6 Å². The van der Waals surface area contributed by atoms with Crippen LogP contribution in [0, 0.1) is 11.3 Å². The summed E-state index contributed by atoms with van der Waals surface area (Å²) in [7, 11) is -3.35. The van der Waals surface area contributed by atoms with E-state index in [2.05, 4.69) is 40.1 Å². The molecule has 0 aromatic heterocycles. The predicted molar refractivity (Wildman–Crippen MR) is 135 cm³/mol. The number of morpholine rings is 2. The molecule has 0 radical (unpaired) electrons. The van der Waals surface area contributed by atoms with E-state index >= 15 is 0 Å². The number of nitriles is 1. The van der Waals surface area contributed by atoms with Crippen molar-refractivity contribution in [3.8, 4) is 11.8 Å². The third kappa shape index (κ3) is 7.75. The predicted octanol–water partition coefficient (Wildman–Crippen LogP) is 1.83. The van der Waals surface area contributed by atoms with E-state index in [1.807, 2.05) is 6.07 Å². The lowest BCUT2D eigenvalue weighted by Gasteiger charge is -2.46. The van der Waals surface area contributed by atoms with Gasteiger partial charge in [0.15, 0.2) is 0 Å². The minimum atomic E-state index is -3.35. The van der Waals surface area contributed by atoms with Crippen molar-refractivity contribution in [1.29, 1.82) is 5.26 Å². The maximum absolute atomic E-state index is 12.3. The van der Waals surface area contributed by atoms with Gasteiger partial charge < -0.3 is 9.47 Å². The van der Waals surface area contributed by atoms with Gasteiger partial charge in [-0.2, -0.15) is 9.57 Å². The monoisotopic (exact) mass is 498 g/mol. The first-order valence-corrected chi connectivity index (χ1v) is 14.0. The normalized spacial score (nSPS) is 21.1. The fraction of sp³-hybridized carbons (Fsp3) is 0.500. The van der Waals surface area contributed by atoms with E-state index in [4.69, 9.17) is 14.7 Å². The van der Waals surface area contributed by atoms with Crippen LogP contribution in [-0.4, -0.2) is 100.0 Å². The zero-order valence-electron chi connectivity index (χ0n) is 20.3. The van der Waals surface area contributed by atoms with Crippen LogP contribution in [0.1, 0.15) is 11.1 Å². The van der Waals surface area contributed by atoms with Crippen molar-refractivity contribution in [3.63, 3.8) is 0 Å². The summed E-state index contributed by atoms with van der Waals surface area (Å²) in [5.41, 5.74) is 1.92. The molecular weight excluding hydrogens is 464 g/mol. The molecule has 2 fully saturated rings. The highest BCUT2D eigenvalue weighted by Crippen LogP contribution is 2.20. The second-order valence-electron chi connectivity index (χ2n) is 9.28. The van der Waals surface area contributed by atoms with Gasteiger partial charge in [0.25, 0.3) is 0 Å². The van der Waals surface area contributed by atoms with Crippen LogP contribution in [0.3, 0.4) is 0 Å². The molecule has 0 spiro atoms. The van der Waals surface area contributed by atoms with Gasteiger partial charge in [0.1, 0.15) is 12.4 Å². The maximum Gasteiger partial charge on any atom is 0.211 e. The molecule has 9 heteroatoms. The summed E-state index contributed by atoms with van der Waals surface area (Å²) >= 11 is 0. The Bertz CT molecular complexity index is 1070. The first-order chi connectivity index (χ1) is 16.9. The molecule has 2 aromatic carbocycles. The second kappa shape index (κ2) is 12.0. The second-order valence-corrected chi connectivity index (χ2v) is 11.3. The lowest BCUT2D eigenvalue weighted by molar-refractivity contribution is -0.138. The first-order valence-electron chi connectivity index (χ1n) is 12.1. The molecule has 2 atom stereocenters. The molecule has 2 saturated heterocycles. The third-order valence-electron chi connectivity index (χ3n) is 6.52. The molecular formula is C26H34N4O4S. The Balaban J connectivity index is 1.22. The summed E-state index contributed by atoms with van der Waals surface area (Å²) in [6.45, 7) is 6.11. The molecule has 2 aromatic rings. The highest BCUT2D eigenvalue weighted by atomic mass is 32.2. The number of nitrogens with zero attached hydrogens (tertiary/aromatic N) is 4. The average Bonchev–Trinajstić information content (AvgIpc) is 2.84. The van der Waals surface area contributed by atoms with E-state index < -0.39 is 10.0 Å². The molecule has 188 valence electrons. The van der Waals surface area contributed by atoms with Crippen molar-refractivity contribution in [2.75, 3.05) is 65.2 Å². The number of sulfonamides is 1. The van der Waals surface area contributed by atoms with Gasteiger partial charge in [-0.3, -0.25) is 9.80 Å². The average molecular weight is 499 g/mol. The van der Waals surface area contributed by atoms with E-state index in [1.165, 1.54) is 16.1 Å². The SMILES string of the molecule is CS(=O)(=O)N(CCOc1ccc(C#N)cc1)CCN1CC2CN(CCc3ccccc3)CC(C1)O2. The van der Waals surface area contributed by atoms with Crippen molar-refractivity contribution in [1.82, 2.24) is 14.1 Å². The van der Waals surface area contributed by atoms with Crippen molar-refractivity contribution in [2.24, 2.45) is 0 Å². The van der Waals surface area contributed by atoms with Gasteiger partial charge in [-0.1, -0.05) is 30.3 Å². The maximum atomic E-state index is 12.3. The Morgan fingerprint density at radius 2 is 1.60 bits per heavy atom. The summed E-state index contributed by atoms with van der Waals surface area (Å²) < 4.78 is 38.0. The molecule has 2 aliphatic heterocycles. The van der Waals surface area contributed by atoms with Gasteiger partial charge in [-0.15, -0.1) is 0 Å². The molecule has 0 amide bonds. The number of benzene rings is 2. The number of rotatable bonds is 11. The number of fused-ring (bicyclic) bond motifs is 2. The fourth-order valence-electron chi connectivity index (χ4n) is 4.75. The van der Waals surface area contributed by atoms with Crippen LogP contribution in [0.4, 0.5) is 0 Å². The lowest BCUT2D eigenvalue weighted by Crippen LogP contribution is -2.60. The molecule has 0 aliphatic carbocycles. The van der Waals surface area contributed by atoms with Crippen LogP contribution in [0.25, 0.3) is 0 Å². The largest absolute Gasteiger partial charge is 0.492 e. The standard InChI is InChI=1S/C26H34N4O4S/c1-35(31,32)30(15-16-33-24-9-7-23(17-27)8-10-24)14-13-29-20-25-18-28(19-26(21-29)34-25)12-11-22-5-3-2-4-6-22/h2-10,25-26H,11-16,18-21H2,1H3. The highest BCUT2D eigenvalue weighted by Gasteiger charge is 2.34. The van der Waals surface area contributed by atoms with Crippen LogP contribution in [-0.2, 0) is 21.2 Å². The Morgan fingerprint density at radius 3 is 2.20 bits per heavy atom. The fourth-order valence-corrected chi connectivity index (χ4v) is 5.56. The summed E-state index contributed by atoms with van der Waals surface area (Å²) in [5, 5.41) is 8.89. The van der Waals surface area contributed by atoms with Gasteiger partial charge in [0.05, 0.1) is 30.1 Å². The van der Waals surface area contributed by atoms with E-state index in [0.29, 0.717) is 24.4 Å². The molecule has 2 bridgehead atoms. The van der Waals surface area contributed by atoms with Gasteiger partial charge >= 0.3 is 0 Å². The third-order valence-corrected chi connectivity index (χ3v) is 7.82. The van der Waals surface area contributed by atoms with Gasteiger partial charge in [0.2, 0.25) is 10.0 Å². The van der Waals surface area contributed by atoms with Gasteiger partial charge in [0, 0.05) is 52.4 Å². The van der Waals surface area contributed by atoms with Crippen molar-refractivity contribution < 1.29 is 17.9 Å². The van der Waals surface area contributed by atoms with E-state index in [9.17, 15) is 8.42 Å². The highest BCUT2D eigenvalue weighted by molar-refractivity contribution is 7.88. The summed E-state index contributed by atoms with van der Waals surface area (Å²) in [6, 6.07) is 19.4. The van der Waals surface area contributed by atoms with E-state index in [0.717, 1.165) is 39.1 Å². The zero-order chi connectivity index (χ0) is 24.7. The summed E-state index contributed by atoms with van der Waals surface area (Å²) in [6.07, 6.45) is 2.60. The molecule has 8 nitrogen and oxygen atoms in total. The summed E-state index contributed by atoms with van der Waals surface area (Å²) in [5.74, 6) is 0.621. The van der Waals surface area contributed by atoms with E-state index in [1.54, 1.807) is 24.3 Å². The Morgan fingerprint density at radius 1 is 0.971 bits per heavy atom. The number of hydrogen-bond donors (Lipinski definition) is 0. The van der Waals surface area contributed by atoms with Crippen LogP contribution in [0.15, 0.2) is 54.6 Å². The molecule has 35 heavy (non-hydrogen) atoms. The van der Waals surface area contributed by atoms with Gasteiger partial charge in [-0.25, -0.2) is 8.42 Å². The van der Waals surface area contributed by atoms with Gasteiger partial charge in [-0.05, 0) is 36.2 Å². The minimum absolute atomic E-state index is 0.157. The van der Waals surface area contributed by atoms with Crippen LogP contribution in [0.5, 0.6) is 5.75 Å². The molecule has 0 saturated carbocycles. The molecule has 2 heterocycles. The molecule has 4 rings (SSSR count). The first kappa shape index (κ1) is 25.6. The van der Waals surface area contributed by atoms with Crippen LogP contribution < -0.4 is 4.74 Å².